The van der Waals surface area contributed by atoms with Crippen molar-refractivity contribution >= 4 is 33.2 Å². The van der Waals surface area contributed by atoms with Crippen LogP contribution in [0.1, 0.15) is 12.5 Å². The predicted molar refractivity (Wildman–Crippen MR) is 176 cm³/mol. The first-order valence-electron chi connectivity index (χ1n) is 14.1. The molecule has 0 saturated carbocycles. The minimum absolute atomic E-state index is 0.128. The maximum atomic E-state index is 15.5. The fourth-order valence-electron chi connectivity index (χ4n) is 4.64. The van der Waals surface area contributed by atoms with E-state index >= 15 is 4.39 Å². The number of nitrogens with zero attached hydrogens (tertiary/aromatic N) is 6. The van der Waals surface area contributed by atoms with Crippen LogP contribution in [0.3, 0.4) is 0 Å². The standard InChI is InChI=1S/C33H28FN9O2S/c1-22(23-12-14-27(15-13-23)46(44,45)35-2)41-42-31-30(28-10-6-7-11-29(28)34)32(40-33(39-31)38-26-8-4-3-5-9-26)43-21-25(20-37-43)24-16-18-36-19-17-24/h3-21,35H,1-2H3,(H2,38,39,40,42). The average Bonchev–Trinajstić information content (AvgIpc) is 3.59. The van der Waals surface area contributed by atoms with Crippen LogP contribution < -0.4 is 15.5 Å². The van der Waals surface area contributed by atoms with Gasteiger partial charge in [0.2, 0.25) is 16.0 Å². The lowest BCUT2D eigenvalue weighted by Gasteiger charge is -2.17. The summed E-state index contributed by atoms with van der Waals surface area (Å²) in [6, 6.07) is 25.8. The Morgan fingerprint density at radius 3 is 2.30 bits per heavy atom. The van der Waals surface area contributed by atoms with E-state index in [1.54, 1.807) is 66.7 Å². The number of hydrogen-bond donors (Lipinski definition) is 3. The van der Waals surface area contributed by atoms with Crippen molar-refractivity contribution in [2.75, 3.05) is 17.8 Å². The molecule has 11 nitrogen and oxygen atoms in total. The molecule has 0 radical (unpaired) electrons. The van der Waals surface area contributed by atoms with Crippen molar-refractivity contribution in [2.24, 2.45) is 5.10 Å². The molecule has 46 heavy (non-hydrogen) atoms. The van der Waals surface area contributed by atoms with E-state index in [2.05, 4.69) is 30.6 Å². The molecule has 0 fully saturated rings. The van der Waals surface area contributed by atoms with Crippen molar-refractivity contribution in [3.63, 3.8) is 0 Å². The van der Waals surface area contributed by atoms with Crippen LogP contribution in [0, 0.1) is 5.82 Å². The molecular weight excluding hydrogens is 605 g/mol. The summed E-state index contributed by atoms with van der Waals surface area (Å²) in [5.41, 5.74) is 7.24. The highest BCUT2D eigenvalue weighted by Crippen LogP contribution is 2.35. The maximum Gasteiger partial charge on any atom is 0.240 e. The largest absolute Gasteiger partial charge is 0.324 e. The van der Waals surface area contributed by atoms with Crippen molar-refractivity contribution in [2.45, 2.75) is 11.8 Å². The fourth-order valence-corrected chi connectivity index (χ4v) is 5.37. The van der Waals surface area contributed by atoms with Gasteiger partial charge in [-0.25, -0.2) is 22.2 Å². The Morgan fingerprint density at radius 1 is 0.870 bits per heavy atom. The summed E-state index contributed by atoms with van der Waals surface area (Å²) in [6.45, 7) is 1.76. The highest BCUT2D eigenvalue weighted by atomic mass is 32.2. The zero-order chi connectivity index (χ0) is 32.1. The van der Waals surface area contributed by atoms with Crippen LogP contribution in [-0.4, -0.2) is 45.9 Å². The highest BCUT2D eigenvalue weighted by molar-refractivity contribution is 7.89. The van der Waals surface area contributed by atoms with E-state index in [0.29, 0.717) is 22.7 Å². The lowest BCUT2D eigenvalue weighted by Crippen LogP contribution is -2.18. The molecule has 3 aromatic carbocycles. The van der Waals surface area contributed by atoms with Gasteiger partial charge in [-0.1, -0.05) is 48.5 Å². The third-order valence-corrected chi connectivity index (χ3v) is 8.49. The van der Waals surface area contributed by atoms with Crippen molar-refractivity contribution in [1.82, 2.24) is 29.5 Å². The topological polar surface area (TPSA) is 139 Å². The molecule has 3 N–H and O–H groups in total. The maximum absolute atomic E-state index is 15.5. The van der Waals surface area contributed by atoms with E-state index < -0.39 is 15.8 Å². The van der Waals surface area contributed by atoms with Crippen LogP contribution >= 0.6 is 0 Å². The second-order valence-electron chi connectivity index (χ2n) is 10.0. The third-order valence-electron chi connectivity index (χ3n) is 7.06. The van der Waals surface area contributed by atoms with Gasteiger partial charge in [0, 0.05) is 35.4 Å². The molecule has 0 unspecified atom stereocenters. The monoisotopic (exact) mass is 633 g/mol. The van der Waals surface area contributed by atoms with E-state index in [-0.39, 0.29) is 22.2 Å². The number of pyridine rings is 1. The van der Waals surface area contributed by atoms with Crippen LogP contribution in [0.4, 0.5) is 21.8 Å². The summed E-state index contributed by atoms with van der Waals surface area (Å²) >= 11 is 0. The zero-order valence-electron chi connectivity index (χ0n) is 24.8. The van der Waals surface area contributed by atoms with Crippen molar-refractivity contribution < 1.29 is 12.8 Å². The molecule has 6 rings (SSSR count). The van der Waals surface area contributed by atoms with E-state index in [1.807, 2.05) is 42.5 Å². The molecule has 0 aliphatic carbocycles. The van der Waals surface area contributed by atoms with Crippen LogP contribution in [0.25, 0.3) is 28.1 Å². The first-order chi connectivity index (χ1) is 22.3. The van der Waals surface area contributed by atoms with E-state index in [0.717, 1.165) is 16.8 Å². The lowest BCUT2D eigenvalue weighted by molar-refractivity contribution is 0.588. The minimum Gasteiger partial charge on any atom is -0.324 e. The van der Waals surface area contributed by atoms with Gasteiger partial charge in [-0.3, -0.25) is 10.4 Å². The van der Waals surface area contributed by atoms with Crippen LogP contribution in [0.15, 0.2) is 126 Å². The van der Waals surface area contributed by atoms with Crippen molar-refractivity contribution in [3.05, 3.63) is 127 Å². The molecule has 3 aromatic heterocycles. The molecule has 0 aliphatic heterocycles. The first kappa shape index (κ1) is 30.2. The fraction of sp³-hybridized carbons (Fsp3) is 0.0606. The number of nitrogens with one attached hydrogen (secondary N) is 3. The number of halogens is 1. The van der Waals surface area contributed by atoms with Crippen LogP contribution in [-0.2, 0) is 10.0 Å². The molecule has 0 spiro atoms. The first-order valence-corrected chi connectivity index (χ1v) is 15.6. The van der Waals surface area contributed by atoms with Gasteiger partial charge >= 0.3 is 0 Å². The van der Waals surface area contributed by atoms with Gasteiger partial charge in [0.15, 0.2) is 11.6 Å². The predicted octanol–water partition coefficient (Wildman–Crippen LogP) is 6.02. The Morgan fingerprint density at radius 2 is 1.59 bits per heavy atom. The number of para-hydroxylation sites is 1. The summed E-state index contributed by atoms with van der Waals surface area (Å²) in [5.74, 6) is 0.251. The SMILES string of the molecule is CNS(=O)(=O)c1ccc(C(C)=NNc2nc(Nc3ccccc3)nc(-n3cc(-c4ccncc4)cn3)c2-c2ccccc2F)cc1. The number of benzene rings is 3. The van der Waals surface area contributed by atoms with E-state index in [4.69, 9.17) is 9.97 Å². The molecule has 3 heterocycles. The molecule has 13 heteroatoms. The van der Waals surface area contributed by atoms with Gasteiger partial charge in [-0.2, -0.15) is 20.2 Å². The summed E-state index contributed by atoms with van der Waals surface area (Å²) in [4.78, 5) is 13.7. The number of rotatable bonds is 10. The lowest BCUT2D eigenvalue weighted by atomic mass is 10.1. The average molecular weight is 634 g/mol. The molecule has 0 bridgehead atoms. The van der Waals surface area contributed by atoms with E-state index in [1.165, 1.54) is 25.2 Å². The van der Waals surface area contributed by atoms with Gasteiger partial charge in [0.05, 0.1) is 22.4 Å². The molecule has 230 valence electrons. The number of aromatic nitrogens is 5. The molecular formula is C33H28FN9O2S. The quantitative estimate of drug-likeness (QED) is 0.123. The van der Waals surface area contributed by atoms with Gasteiger partial charge < -0.3 is 5.32 Å². The number of anilines is 3. The molecule has 0 aliphatic rings. The number of sulfonamides is 1. The Balaban J connectivity index is 1.48. The summed E-state index contributed by atoms with van der Waals surface area (Å²) in [6.07, 6.45) is 6.88. The summed E-state index contributed by atoms with van der Waals surface area (Å²) in [5, 5.41) is 12.4. The molecule has 0 saturated heterocycles. The second kappa shape index (κ2) is 13.1. The van der Waals surface area contributed by atoms with Gasteiger partial charge in [0.1, 0.15) is 5.82 Å². The smallest absolute Gasteiger partial charge is 0.240 e. The van der Waals surface area contributed by atoms with Gasteiger partial charge in [-0.05, 0) is 67.6 Å². The molecule has 0 amide bonds. The van der Waals surface area contributed by atoms with E-state index in [9.17, 15) is 8.42 Å². The molecule has 0 atom stereocenters. The Bertz CT molecular complexity index is 2120. The zero-order valence-corrected chi connectivity index (χ0v) is 25.6. The second-order valence-corrected chi connectivity index (χ2v) is 11.9. The Labute approximate surface area is 265 Å². The number of hydrazone groups is 1. The number of hydrogen-bond acceptors (Lipinski definition) is 9. The summed E-state index contributed by atoms with van der Waals surface area (Å²) < 4.78 is 43.7. The molecule has 6 aromatic rings. The van der Waals surface area contributed by atoms with Gasteiger partial charge in [-0.15, -0.1) is 0 Å². The van der Waals surface area contributed by atoms with Gasteiger partial charge in [0.25, 0.3) is 0 Å². The normalized spacial score (nSPS) is 11.8. The van der Waals surface area contributed by atoms with Crippen LogP contribution in [0.2, 0.25) is 0 Å². The van der Waals surface area contributed by atoms with Crippen molar-refractivity contribution in [3.8, 4) is 28.1 Å². The minimum atomic E-state index is -3.59. The third kappa shape index (κ3) is 6.50. The van der Waals surface area contributed by atoms with Crippen molar-refractivity contribution in [1.29, 1.82) is 0 Å². The Kier molecular flexibility index (Phi) is 8.59. The summed E-state index contributed by atoms with van der Waals surface area (Å²) in [7, 11) is -2.24. The Hall–Kier alpha value is -5.79. The highest BCUT2D eigenvalue weighted by Gasteiger charge is 2.22. The van der Waals surface area contributed by atoms with Crippen LogP contribution in [0.5, 0.6) is 0 Å².